The van der Waals surface area contributed by atoms with E-state index in [4.69, 9.17) is 14.4 Å². The van der Waals surface area contributed by atoms with Crippen LogP contribution in [0.4, 0.5) is 0 Å². The summed E-state index contributed by atoms with van der Waals surface area (Å²) in [5.74, 6) is 0.655. The quantitative estimate of drug-likeness (QED) is 0.185. The summed E-state index contributed by atoms with van der Waals surface area (Å²) in [6, 6.07) is 52.8. The van der Waals surface area contributed by atoms with Crippen LogP contribution in [-0.4, -0.2) is 15.0 Å². The third-order valence-electron chi connectivity index (χ3n) is 9.42. The third-order valence-corrected chi connectivity index (χ3v) is 10.6. The van der Waals surface area contributed by atoms with Crippen molar-refractivity contribution >= 4 is 53.4 Å². The third kappa shape index (κ3) is 4.71. The van der Waals surface area contributed by atoms with Gasteiger partial charge in [0.15, 0.2) is 5.82 Å². The average molecular weight is 658 g/mol. The van der Waals surface area contributed by atoms with Crippen molar-refractivity contribution in [3.63, 3.8) is 0 Å². The maximum atomic E-state index is 6.76. The van der Waals surface area contributed by atoms with E-state index in [1.807, 2.05) is 53.9 Å². The van der Waals surface area contributed by atoms with Crippen molar-refractivity contribution in [3.8, 4) is 56.2 Å². The van der Waals surface area contributed by atoms with Crippen molar-refractivity contribution < 1.29 is 4.42 Å². The van der Waals surface area contributed by atoms with E-state index in [0.29, 0.717) is 5.82 Å². The summed E-state index contributed by atoms with van der Waals surface area (Å²) in [6.07, 6.45) is 3.69. The molecule has 0 spiro atoms. The lowest BCUT2D eigenvalue weighted by Gasteiger charge is -2.13. The van der Waals surface area contributed by atoms with E-state index in [0.717, 1.165) is 72.3 Å². The number of benzene rings is 6. The Kier molecular flexibility index (Phi) is 6.64. The zero-order chi connectivity index (χ0) is 33.0. The van der Waals surface area contributed by atoms with Gasteiger partial charge in [-0.1, -0.05) is 109 Å². The minimum absolute atomic E-state index is 0.655. The Morgan fingerprint density at radius 3 is 2.02 bits per heavy atom. The average Bonchev–Trinajstić information content (AvgIpc) is 3.77. The number of nitrogens with zero attached hydrogens (tertiary/aromatic N) is 3. The van der Waals surface area contributed by atoms with Crippen LogP contribution in [0.5, 0.6) is 0 Å². The fraction of sp³-hybridized carbons (Fsp3) is 0. The van der Waals surface area contributed by atoms with Crippen molar-refractivity contribution in [1.82, 2.24) is 15.0 Å². The van der Waals surface area contributed by atoms with E-state index in [1.165, 1.54) is 20.2 Å². The number of thiophene rings is 1. The normalized spacial score (nSPS) is 11.6. The highest BCUT2D eigenvalue weighted by molar-refractivity contribution is 7.25. The number of pyridine rings is 1. The van der Waals surface area contributed by atoms with Gasteiger partial charge in [-0.05, 0) is 59.2 Å². The summed E-state index contributed by atoms with van der Waals surface area (Å²) in [5.41, 5.74) is 10.5. The molecule has 10 aromatic rings. The van der Waals surface area contributed by atoms with Crippen molar-refractivity contribution in [2.45, 2.75) is 0 Å². The van der Waals surface area contributed by atoms with Crippen LogP contribution in [-0.2, 0) is 0 Å². The molecule has 0 aliphatic heterocycles. The summed E-state index contributed by atoms with van der Waals surface area (Å²) in [6.45, 7) is 0. The SMILES string of the molecule is c1ccc(-c2nc(-c3ccccc3-c3cccnc3)cc(-c3ccc(-c4ccc5sc6ccccc6c5c4)c4c3oc3ccccc34)n2)cc1. The molecule has 0 amide bonds. The molecule has 10 rings (SSSR count). The van der Waals surface area contributed by atoms with Crippen molar-refractivity contribution in [3.05, 3.63) is 164 Å². The van der Waals surface area contributed by atoms with Gasteiger partial charge in [-0.2, -0.15) is 0 Å². The Morgan fingerprint density at radius 1 is 0.460 bits per heavy atom. The Hall–Kier alpha value is -6.43. The van der Waals surface area contributed by atoms with E-state index in [1.54, 1.807) is 6.20 Å². The van der Waals surface area contributed by atoms with Crippen molar-refractivity contribution in [2.24, 2.45) is 0 Å². The van der Waals surface area contributed by atoms with E-state index >= 15 is 0 Å². The fourth-order valence-corrected chi connectivity index (χ4v) is 8.17. The number of furan rings is 1. The minimum Gasteiger partial charge on any atom is -0.455 e. The van der Waals surface area contributed by atoms with Crippen LogP contribution in [0.15, 0.2) is 168 Å². The summed E-state index contributed by atoms with van der Waals surface area (Å²) < 4.78 is 9.34. The molecule has 6 aromatic carbocycles. The van der Waals surface area contributed by atoms with Crippen LogP contribution >= 0.6 is 11.3 Å². The molecule has 0 bridgehead atoms. The first kappa shape index (κ1) is 28.6. The van der Waals surface area contributed by atoms with E-state index in [2.05, 4.69) is 120 Å². The van der Waals surface area contributed by atoms with Crippen LogP contribution in [0, 0.1) is 0 Å². The van der Waals surface area contributed by atoms with Crippen LogP contribution in [0.2, 0.25) is 0 Å². The van der Waals surface area contributed by atoms with E-state index < -0.39 is 0 Å². The molecule has 0 saturated heterocycles. The highest BCUT2D eigenvalue weighted by Crippen LogP contribution is 2.44. The van der Waals surface area contributed by atoms with Gasteiger partial charge in [0, 0.05) is 65.6 Å². The maximum absolute atomic E-state index is 6.76. The molecular weight excluding hydrogens is 631 g/mol. The molecule has 0 aliphatic carbocycles. The van der Waals surface area contributed by atoms with Gasteiger partial charge in [0.1, 0.15) is 11.2 Å². The van der Waals surface area contributed by atoms with Gasteiger partial charge in [-0.3, -0.25) is 4.98 Å². The van der Waals surface area contributed by atoms with Gasteiger partial charge in [0.2, 0.25) is 0 Å². The Morgan fingerprint density at radius 2 is 1.16 bits per heavy atom. The van der Waals surface area contributed by atoms with Gasteiger partial charge in [-0.25, -0.2) is 9.97 Å². The second-order valence-electron chi connectivity index (χ2n) is 12.4. The van der Waals surface area contributed by atoms with E-state index in [9.17, 15) is 0 Å². The Balaban J connectivity index is 1.23. The van der Waals surface area contributed by atoms with Gasteiger partial charge < -0.3 is 4.42 Å². The largest absolute Gasteiger partial charge is 0.455 e. The van der Waals surface area contributed by atoms with Crippen molar-refractivity contribution in [1.29, 1.82) is 0 Å². The van der Waals surface area contributed by atoms with Crippen LogP contribution in [0.1, 0.15) is 0 Å². The highest BCUT2D eigenvalue weighted by Gasteiger charge is 2.21. The monoisotopic (exact) mass is 657 g/mol. The molecule has 0 saturated carbocycles. The zero-order valence-electron chi connectivity index (χ0n) is 26.7. The molecule has 5 heteroatoms. The number of fused-ring (bicyclic) bond motifs is 6. The number of rotatable bonds is 5. The van der Waals surface area contributed by atoms with Crippen LogP contribution < -0.4 is 0 Å². The fourth-order valence-electron chi connectivity index (χ4n) is 7.08. The lowest BCUT2D eigenvalue weighted by atomic mass is 9.94. The minimum atomic E-state index is 0.655. The molecule has 0 atom stereocenters. The first-order valence-electron chi connectivity index (χ1n) is 16.6. The van der Waals surface area contributed by atoms with Crippen molar-refractivity contribution in [2.75, 3.05) is 0 Å². The summed E-state index contributed by atoms with van der Waals surface area (Å²) in [7, 11) is 0. The molecule has 4 heterocycles. The summed E-state index contributed by atoms with van der Waals surface area (Å²) in [4.78, 5) is 14.8. The second-order valence-corrected chi connectivity index (χ2v) is 13.5. The molecule has 0 aliphatic rings. The Bertz CT molecular complexity index is 2870. The molecule has 234 valence electrons. The number of para-hydroxylation sites is 1. The molecule has 0 radical (unpaired) electrons. The lowest BCUT2D eigenvalue weighted by molar-refractivity contribution is 0.670. The smallest absolute Gasteiger partial charge is 0.160 e. The summed E-state index contributed by atoms with van der Waals surface area (Å²) in [5, 5.41) is 4.71. The van der Waals surface area contributed by atoms with Crippen LogP contribution in [0.25, 0.3) is 98.3 Å². The molecule has 0 unspecified atom stereocenters. The number of aromatic nitrogens is 3. The van der Waals surface area contributed by atoms with Gasteiger partial charge in [0.05, 0.1) is 11.4 Å². The molecule has 0 N–H and O–H groups in total. The zero-order valence-corrected chi connectivity index (χ0v) is 27.6. The molecular formula is C45H27N3OS. The first-order chi connectivity index (χ1) is 24.8. The standard InChI is InChI=1S/C45H27N3OS/c1-2-11-28(12-3-1)45-47-38(33-15-5-4-14-31(33)30-13-10-24-46-27-30)26-39(48-45)35-22-21-32(43-36-17-6-8-18-40(36)49-44(35)43)29-20-23-42-37(25-29)34-16-7-9-19-41(34)50-42/h1-27H. The van der Waals surface area contributed by atoms with Crippen LogP contribution in [0.3, 0.4) is 0 Å². The van der Waals surface area contributed by atoms with Gasteiger partial charge in [0.25, 0.3) is 0 Å². The molecule has 50 heavy (non-hydrogen) atoms. The number of hydrogen-bond donors (Lipinski definition) is 0. The second kappa shape index (κ2) is 11.6. The topological polar surface area (TPSA) is 51.8 Å². The van der Waals surface area contributed by atoms with Gasteiger partial charge in [-0.15, -0.1) is 11.3 Å². The summed E-state index contributed by atoms with van der Waals surface area (Å²) >= 11 is 1.84. The maximum Gasteiger partial charge on any atom is 0.160 e. The predicted octanol–water partition coefficient (Wildman–Crippen LogP) is 12.5. The highest BCUT2D eigenvalue weighted by atomic mass is 32.1. The lowest BCUT2D eigenvalue weighted by Crippen LogP contribution is -1.97. The molecule has 4 nitrogen and oxygen atoms in total. The Labute approximate surface area is 292 Å². The molecule has 0 fully saturated rings. The predicted molar refractivity (Wildman–Crippen MR) is 207 cm³/mol. The first-order valence-corrected chi connectivity index (χ1v) is 17.4. The molecule has 4 aromatic heterocycles. The van der Waals surface area contributed by atoms with Gasteiger partial charge >= 0.3 is 0 Å². The number of hydrogen-bond acceptors (Lipinski definition) is 5. The van der Waals surface area contributed by atoms with E-state index in [-0.39, 0.29) is 0 Å².